The predicted octanol–water partition coefficient (Wildman–Crippen LogP) is 8.38. The van der Waals surface area contributed by atoms with Crippen molar-refractivity contribution >= 4 is 68.9 Å². The van der Waals surface area contributed by atoms with E-state index in [1.165, 1.54) is 36.0 Å². The van der Waals surface area contributed by atoms with Gasteiger partial charge in [-0.3, -0.25) is 38.4 Å². The van der Waals surface area contributed by atoms with Crippen molar-refractivity contribution in [3.8, 4) is 0 Å². The van der Waals surface area contributed by atoms with E-state index in [1.54, 1.807) is 27.7 Å². The molecule has 1 unspecified atom stereocenters. The molecule has 0 spiro atoms. The highest BCUT2D eigenvalue weighted by molar-refractivity contribution is 8.00. The first kappa shape index (κ1) is 78.3. The van der Waals surface area contributed by atoms with E-state index in [2.05, 4.69) is 26.6 Å². The van der Waals surface area contributed by atoms with Crippen molar-refractivity contribution in [1.82, 2.24) is 26.6 Å². The van der Waals surface area contributed by atoms with Crippen molar-refractivity contribution in [3.05, 3.63) is 35.4 Å². The van der Waals surface area contributed by atoms with Crippen LogP contribution in [0, 0.1) is 5.92 Å². The number of thioether (sulfide) groups is 1. The maximum atomic E-state index is 14.5. The fourth-order valence-electron chi connectivity index (χ4n) is 8.09. The summed E-state index contributed by atoms with van der Waals surface area (Å²) in [6.45, 7) is 38.5. The van der Waals surface area contributed by atoms with Crippen LogP contribution in [0.4, 0.5) is 0 Å². The Kier molecular flexibility index (Phi) is 30.5. The molecule has 0 aromatic heterocycles. The molecule has 0 fully saturated rings. The molecule has 1 aromatic rings. The number of nitrogens with one attached hydrogen (secondary N) is 5. The van der Waals surface area contributed by atoms with Gasteiger partial charge in [-0.15, -0.1) is 0 Å². The molecule has 0 saturated heterocycles. The lowest BCUT2D eigenvalue weighted by atomic mass is 9.98. The van der Waals surface area contributed by atoms with Crippen LogP contribution >= 0.6 is 11.8 Å². The van der Waals surface area contributed by atoms with Gasteiger partial charge in [-0.05, 0) is 182 Å². The van der Waals surface area contributed by atoms with E-state index in [0.29, 0.717) is 32.5 Å². The monoisotopic (exact) mass is 1240 g/mol. The summed E-state index contributed by atoms with van der Waals surface area (Å²) in [6, 6.07) is 0.718. The van der Waals surface area contributed by atoms with Crippen molar-refractivity contribution in [2.45, 2.75) is 264 Å². The maximum Gasteiger partial charge on any atom is 0.303 e. The Morgan fingerprint density at radius 3 is 1.27 bits per heavy atom. The van der Waals surface area contributed by atoms with E-state index >= 15 is 0 Å². The highest BCUT2D eigenvalue weighted by atomic mass is 32.2. The number of sulfone groups is 1. The Balaban J connectivity index is 3.61. The fraction of sp³-hybridized carbons (Fsp3) is 0.774. The smallest absolute Gasteiger partial charge is 0.303 e. The minimum absolute atomic E-state index is 0.0595. The van der Waals surface area contributed by atoms with E-state index in [0.717, 1.165) is 0 Å². The van der Waals surface area contributed by atoms with Crippen LogP contribution in [-0.2, 0) is 57.6 Å². The number of hydrogen-bond donors (Lipinski definition) is 7. The van der Waals surface area contributed by atoms with Gasteiger partial charge in [0.1, 0.15) is 18.1 Å². The molecule has 0 heterocycles. The number of carboxylic acid groups (broad SMARTS) is 2. The zero-order valence-electron chi connectivity index (χ0n) is 54.9. The van der Waals surface area contributed by atoms with Crippen LogP contribution in [0.15, 0.2) is 24.3 Å². The number of Topliss-reactive ketones (excluding diaryl/α,β-unsaturated/α-hetero) is 1. The summed E-state index contributed by atoms with van der Waals surface area (Å²) in [6.07, 6.45) is -1.06. The molecule has 7 N–H and O–H groups in total. The minimum atomic E-state index is -3.93. The van der Waals surface area contributed by atoms with Gasteiger partial charge in [-0.2, -0.15) is 11.8 Å². The first-order chi connectivity index (χ1) is 38.4. The molecule has 5 amide bonds. The van der Waals surface area contributed by atoms with E-state index < -0.39 is 150 Å². The molecule has 1 aromatic carbocycles. The molecule has 23 heteroatoms. The van der Waals surface area contributed by atoms with Crippen LogP contribution in [0.3, 0.4) is 0 Å². The second kappa shape index (κ2) is 33.1. The third-order valence-corrected chi connectivity index (χ3v) is 17.8. The van der Waals surface area contributed by atoms with Gasteiger partial charge in [0.25, 0.3) is 5.91 Å². The van der Waals surface area contributed by atoms with Gasteiger partial charge in [0.05, 0.1) is 32.9 Å². The minimum Gasteiger partial charge on any atom is -0.481 e. The summed E-state index contributed by atoms with van der Waals surface area (Å²) >= 11 is 1.46. The fourth-order valence-corrected chi connectivity index (χ4v) is 11.0. The molecule has 4 atom stereocenters. The highest BCUT2D eigenvalue weighted by Gasteiger charge is 2.40. The topological polar surface area (TPSA) is 308 Å². The molecule has 0 aliphatic heterocycles. The van der Waals surface area contributed by atoms with Crippen LogP contribution in [0.1, 0.15) is 223 Å². The number of carbonyl (C=O) groups excluding carboxylic acids is 6. The Morgan fingerprint density at radius 2 is 0.847 bits per heavy atom. The second-order valence-electron chi connectivity index (χ2n) is 28.5. The van der Waals surface area contributed by atoms with Crippen molar-refractivity contribution in [2.24, 2.45) is 5.92 Å². The van der Waals surface area contributed by atoms with Crippen molar-refractivity contribution < 1.29 is 75.9 Å². The largest absolute Gasteiger partial charge is 0.481 e. The molecule has 0 aliphatic carbocycles. The summed E-state index contributed by atoms with van der Waals surface area (Å²) in [4.78, 5) is 108. The SMILES string of the molecule is CC(C)(CCOC(C)(C)C)NC(=O)CC[C@H](NC(=O)[C@H](CCC(=O)O)NC(=O)[C@H](CCC(=O)O)NC(=O)c1ccc(C(=O)C(CSC(C)(C)CCOC(C)(C)C)CS(=O)(=O)C(C)(C)CCOC(C)(C)C)cc1)C(=O)NC(C)(C)CCOC(C)(C)C. The first-order valence-electron chi connectivity index (χ1n) is 29.5. The molecule has 488 valence electrons. The van der Waals surface area contributed by atoms with E-state index in [-0.39, 0.29) is 55.0 Å². The number of hydrogen-bond acceptors (Lipinski definition) is 15. The van der Waals surface area contributed by atoms with E-state index in [4.69, 9.17) is 18.9 Å². The molecule has 0 aliphatic rings. The number of benzene rings is 1. The summed E-state index contributed by atoms with van der Waals surface area (Å²) in [7, 11) is -3.93. The van der Waals surface area contributed by atoms with Gasteiger partial charge >= 0.3 is 11.9 Å². The molecular formula is C62H107N5O16S2. The van der Waals surface area contributed by atoms with Crippen LogP contribution in [0.25, 0.3) is 0 Å². The average Bonchev–Trinajstić information content (AvgIpc) is 2.17. The average molecular weight is 1240 g/mol. The number of ketones is 1. The summed E-state index contributed by atoms with van der Waals surface area (Å²) in [5.74, 6) is -8.47. The lowest BCUT2D eigenvalue weighted by Gasteiger charge is -2.31. The number of aliphatic carboxylic acids is 2. The number of ether oxygens (including phenoxy) is 4. The summed E-state index contributed by atoms with van der Waals surface area (Å²) in [5, 5.41) is 32.8. The number of carbonyl (C=O) groups is 8. The van der Waals surface area contributed by atoms with E-state index in [1.807, 2.05) is 111 Å². The van der Waals surface area contributed by atoms with E-state index in [9.17, 15) is 57.0 Å². The van der Waals surface area contributed by atoms with Crippen molar-refractivity contribution in [2.75, 3.05) is 37.9 Å². The zero-order valence-corrected chi connectivity index (χ0v) is 56.5. The standard InChI is InChI=1S/C62H107N5O16S2/c1-55(2,3)80-35-31-59(13,14)66-47(68)28-25-46(54(77)67-60(15,16)32-36-81-56(4,5)6)65-53(76)45(27-30-49(71)72)64-52(75)44(26-29-48(69)70)63-51(74)42-23-21-41(22-24-42)50(73)43(39-84-61(17,18)33-37-82-57(7,8)9)40-85(78,79)62(19,20)34-38-83-58(10,11)12/h21-24,43-46H,25-40H2,1-20H3,(H,63,74)(H,64,75)(H,65,76)(H,66,68)(H,67,77)(H,69,70)(H,71,72)/t43?,44-,45-,46-/m0/s1. The Morgan fingerprint density at radius 1 is 0.482 bits per heavy atom. The summed E-state index contributed by atoms with van der Waals surface area (Å²) in [5.41, 5.74) is -3.26. The Hall–Kier alpha value is -4.68. The van der Waals surface area contributed by atoms with Crippen molar-refractivity contribution in [3.63, 3.8) is 0 Å². The quantitative estimate of drug-likeness (QED) is 0.0306. The van der Waals surface area contributed by atoms with Gasteiger partial charge in [0.2, 0.25) is 23.6 Å². The third-order valence-electron chi connectivity index (χ3n) is 13.5. The van der Waals surface area contributed by atoms with Gasteiger partial charge in [-0.1, -0.05) is 26.0 Å². The molecular weight excluding hydrogens is 1130 g/mol. The van der Waals surface area contributed by atoms with Gasteiger partial charge in [0, 0.05) is 84.3 Å². The molecule has 0 saturated carbocycles. The normalized spacial score (nSPS) is 14.5. The first-order valence-corrected chi connectivity index (χ1v) is 32.1. The maximum absolute atomic E-state index is 14.5. The second-order valence-corrected chi connectivity index (χ2v) is 32.8. The molecule has 21 nitrogen and oxygen atoms in total. The molecule has 0 bridgehead atoms. The van der Waals surface area contributed by atoms with Crippen LogP contribution in [0.5, 0.6) is 0 Å². The highest BCUT2D eigenvalue weighted by Crippen LogP contribution is 2.34. The van der Waals surface area contributed by atoms with Crippen LogP contribution in [-0.4, -0.2) is 165 Å². The van der Waals surface area contributed by atoms with Gasteiger partial charge in [0.15, 0.2) is 15.6 Å². The summed E-state index contributed by atoms with van der Waals surface area (Å²) < 4.78 is 50.3. The lowest BCUT2D eigenvalue weighted by Crippen LogP contribution is -2.58. The van der Waals surface area contributed by atoms with Crippen LogP contribution in [0.2, 0.25) is 0 Å². The van der Waals surface area contributed by atoms with Gasteiger partial charge < -0.3 is 55.7 Å². The Bertz CT molecular complexity index is 2490. The third kappa shape index (κ3) is 33.9. The van der Waals surface area contributed by atoms with Crippen molar-refractivity contribution in [1.29, 1.82) is 0 Å². The lowest BCUT2D eigenvalue weighted by molar-refractivity contribution is -0.139. The zero-order chi connectivity index (χ0) is 65.8. The molecule has 1 rings (SSSR count). The Labute approximate surface area is 512 Å². The molecule has 0 radical (unpaired) electrons. The van der Waals surface area contributed by atoms with Crippen LogP contribution < -0.4 is 26.6 Å². The number of rotatable bonds is 38. The van der Waals surface area contributed by atoms with Gasteiger partial charge in [-0.25, -0.2) is 8.42 Å². The molecule has 85 heavy (non-hydrogen) atoms. The number of amides is 5. The predicted molar refractivity (Wildman–Crippen MR) is 332 cm³/mol. The number of carboxylic acids is 2.